The quantitative estimate of drug-likeness (QED) is 0.705. The molecule has 12 heavy (non-hydrogen) atoms. The molecule has 0 saturated carbocycles. The van der Waals surface area contributed by atoms with E-state index in [1.165, 1.54) is 0 Å². The Bertz CT molecular complexity index is 146. The van der Waals surface area contributed by atoms with Gasteiger partial charge in [-0.3, -0.25) is 4.57 Å². The maximum Gasteiger partial charge on any atom is 0.268 e. The van der Waals surface area contributed by atoms with Crippen molar-refractivity contribution in [2.75, 3.05) is 0 Å². The van der Waals surface area contributed by atoms with Crippen LogP contribution in [0.4, 0.5) is 0 Å². The van der Waals surface area contributed by atoms with Gasteiger partial charge in [0.1, 0.15) is 0 Å². The average Bonchev–Trinajstić information content (AvgIpc) is 1.53. The molecule has 0 aliphatic carbocycles. The van der Waals surface area contributed by atoms with Crippen LogP contribution in [-0.2, 0) is 34.7 Å². The normalized spacial score (nSPS) is 11.9. The van der Waals surface area contributed by atoms with Gasteiger partial charge in [0.2, 0.25) is 0 Å². The number of phosphoric acid groups is 1. The minimum absolute atomic E-state index is 0. The molecule has 0 heterocycles. The summed E-state index contributed by atoms with van der Waals surface area (Å²) in [5.41, 5.74) is 0. The first kappa shape index (κ1) is 15.3. The van der Waals surface area contributed by atoms with Crippen LogP contribution in [0, 0.1) is 0 Å². The maximum atomic E-state index is 10.8. The molecular weight excluding hydrogens is 351 g/mol. The van der Waals surface area contributed by atoms with E-state index in [0.29, 0.717) is 0 Å². The van der Waals surface area contributed by atoms with E-state index in [1.54, 1.807) is 27.7 Å². The summed E-state index contributed by atoms with van der Waals surface area (Å²) in [5, 5.41) is 0. The van der Waals surface area contributed by atoms with Gasteiger partial charge in [0.25, 0.3) is 7.82 Å². The Morgan fingerprint density at radius 3 is 1.50 bits per heavy atom. The van der Waals surface area contributed by atoms with Gasteiger partial charge in [-0.1, -0.05) is 0 Å². The Morgan fingerprint density at radius 1 is 1.08 bits per heavy atom. The Labute approximate surface area is 87.5 Å². The minimum atomic E-state index is -4.05. The fraction of sp³-hybridized carbons (Fsp3) is 1.00. The van der Waals surface area contributed by atoms with E-state index in [0.717, 1.165) is 0 Å². The fourth-order valence-corrected chi connectivity index (χ4v) is 1.62. The fourth-order valence-electron chi connectivity index (χ4n) is 0.541. The van der Waals surface area contributed by atoms with Gasteiger partial charge >= 0.3 is 0 Å². The van der Waals surface area contributed by atoms with Gasteiger partial charge in [-0.25, -0.2) is 0 Å². The molecule has 0 spiro atoms. The van der Waals surface area contributed by atoms with Gasteiger partial charge in [-0.2, -0.15) is 0 Å². The second-order valence-corrected chi connectivity index (χ2v) is 4.07. The monoisotopic (exact) mass is 365 g/mol. The molecule has 0 bridgehead atoms. The third-order valence-corrected chi connectivity index (χ3v) is 2.04. The Hall–Kier alpha value is 0.798. The van der Waals surface area contributed by atoms with E-state index in [9.17, 15) is 9.46 Å². The molecule has 0 unspecified atom stereocenters. The molecule has 0 aromatic carbocycles. The van der Waals surface area contributed by atoms with Gasteiger partial charge in [-0.05, 0) is 27.7 Å². The molecule has 0 aromatic heterocycles. The van der Waals surface area contributed by atoms with Crippen molar-refractivity contribution >= 4 is 7.82 Å². The first-order chi connectivity index (χ1) is 4.83. The number of hydrogen-bond donors (Lipinski definition) is 0. The Morgan fingerprint density at radius 2 is 1.33 bits per heavy atom. The van der Waals surface area contributed by atoms with Crippen LogP contribution in [0.3, 0.4) is 0 Å². The van der Waals surface area contributed by atoms with Crippen LogP contribution >= 0.6 is 7.82 Å². The van der Waals surface area contributed by atoms with E-state index < -0.39 is 7.82 Å². The first-order valence-corrected chi connectivity index (χ1v) is 4.97. The topological polar surface area (TPSA) is 58.6 Å². The number of rotatable bonds is 4. The van der Waals surface area contributed by atoms with Crippen LogP contribution in [-0.4, -0.2) is 12.2 Å². The van der Waals surface area contributed by atoms with Crippen molar-refractivity contribution in [3.8, 4) is 0 Å². The second-order valence-electron chi connectivity index (χ2n) is 2.76. The van der Waals surface area contributed by atoms with Crippen molar-refractivity contribution in [3.05, 3.63) is 0 Å². The number of phosphoric ester groups is 1. The molecule has 0 aromatic rings. The summed E-state index contributed by atoms with van der Waals surface area (Å²) in [6, 6.07) is 0. The smallest absolute Gasteiger partial charge is 0.268 e. The second kappa shape index (κ2) is 6.28. The molecule has 0 amide bonds. The first-order valence-electron chi connectivity index (χ1n) is 3.51. The summed E-state index contributed by atoms with van der Waals surface area (Å²) in [4.78, 5) is 10.8. The van der Waals surface area contributed by atoms with Crippen LogP contribution in [0.25, 0.3) is 0 Å². The Kier molecular flexibility index (Phi) is 8.00. The third kappa shape index (κ3) is 8.89. The molecule has 0 fully saturated rings. The van der Waals surface area contributed by atoms with Crippen molar-refractivity contribution in [3.63, 3.8) is 0 Å². The van der Waals surface area contributed by atoms with Gasteiger partial charge in [-0.15, -0.1) is 0 Å². The van der Waals surface area contributed by atoms with E-state index in [4.69, 9.17) is 0 Å². The zero-order valence-electron chi connectivity index (χ0n) is 7.64. The van der Waals surface area contributed by atoms with Crippen molar-refractivity contribution in [2.24, 2.45) is 0 Å². The third-order valence-electron chi connectivity index (χ3n) is 0.680. The van der Waals surface area contributed by atoms with Gasteiger partial charge < -0.3 is 13.9 Å². The van der Waals surface area contributed by atoms with Crippen molar-refractivity contribution in [2.45, 2.75) is 39.9 Å². The molecule has 0 aliphatic rings. The standard InChI is InChI=1S/C6H15O4P.W/c1-5(2)9-11(7,8)10-6(3)4;/h5-6H,1-4H3,(H,7,8);/p-1. The van der Waals surface area contributed by atoms with E-state index in [-0.39, 0.29) is 33.3 Å². The largest absolute Gasteiger partial charge is 0.756 e. The summed E-state index contributed by atoms with van der Waals surface area (Å²) >= 11 is 0. The molecule has 6 heteroatoms. The SMILES string of the molecule is CC(C)OP(=O)([O-])OC(C)C.[W]. The minimum Gasteiger partial charge on any atom is -0.756 e. The van der Waals surface area contributed by atoms with Crippen molar-refractivity contribution in [1.82, 2.24) is 0 Å². The van der Waals surface area contributed by atoms with E-state index in [1.807, 2.05) is 0 Å². The van der Waals surface area contributed by atoms with Crippen LogP contribution < -0.4 is 4.89 Å². The van der Waals surface area contributed by atoms with E-state index >= 15 is 0 Å². The molecule has 74 valence electrons. The number of hydrogen-bond acceptors (Lipinski definition) is 4. The van der Waals surface area contributed by atoms with Crippen LogP contribution in [0.5, 0.6) is 0 Å². The Balaban J connectivity index is 0. The predicted octanol–water partition coefficient (Wildman–Crippen LogP) is 1.30. The molecule has 0 rings (SSSR count). The zero-order chi connectivity index (χ0) is 9.07. The molecule has 4 nitrogen and oxygen atoms in total. The van der Waals surface area contributed by atoms with Crippen LogP contribution in [0.2, 0.25) is 0 Å². The van der Waals surface area contributed by atoms with Gasteiger partial charge in [0.15, 0.2) is 0 Å². The van der Waals surface area contributed by atoms with E-state index in [2.05, 4.69) is 9.05 Å². The van der Waals surface area contributed by atoms with Gasteiger partial charge in [0.05, 0.1) is 12.2 Å². The molecule has 0 N–H and O–H groups in total. The molecule has 0 atom stereocenters. The van der Waals surface area contributed by atoms with Crippen LogP contribution in [0.1, 0.15) is 27.7 Å². The summed E-state index contributed by atoms with van der Waals surface area (Å²) in [6.07, 6.45) is -0.728. The summed E-state index contributed by atoms with van der Waals surface area (Å²) in [7, 11) is -4.05. The summed E-state index contributed by atoms with van der Waals surface area (Å²) in [6.45, 7) is 6.53. The molecule has 0 radical (unpaired) electrons. The van der Waals surface area contributed by atoms with Crippen molar-refractivity contribution in [1.29, 1.82) is 0 Å². The zero-order valence-corrected chi connectivity index (χ0v) is 11.5. The molecular formula is C6H14O4PW-. The summed E-state index contributed by atoms with van der Waals surface area (Å²) in [5.74, 6) is 0. The average molecular weight is 365 g/mol. The molecule has 0 saturated heterocycles. The molecule has 0 aliphatic heterocycles. The predicted molar refractivity (Wildman–Crippen MR) is 40.0 cm³/mol. The van der Waals surface area contributed by atoms with Crippen LogP contribution in [0.15, 0.2) is 0 Å². The van der Waals surface area contributed by atoms with Gasteiger partial charge in [0, 0.05) is 21.1 Å². The van der Waals surface area contributed by atoms with Crippen molar-refractivity contribution < 1.29 is 39.6 Å². The summed E-state index contributed by atoms with van der Waals surface area (Å²) < 4.78 is 19.9. The maximum absolute atomic E-state index is 10.8.